The second-order valence-electron chi connectivity index (χ2n) is 4.87. The maximum Gasteiger partial charge on any atom is 0.261 e. The average molecular weight is 284 g/mol. The van der Waals surface area contributed by atoms with Crippen LogP contribution >= 0.6 is 0 Å². The van der Waals surface area contributed by atoms with Gasteiger partial charge in [-0.25, -0.2) is 0 Å². The average Bonchev–Trinajstić information content (AvgIpc) is 2.51. The quantitative estimate of drug-likeness (QED) is 0.887. The molecule has 0 bridgehead atoms. The van der Waals surface area contributed by atoms with Crippen LogP contribution in [0, 0.1) is 6.92 Å². The summed E-state index contributed by atoms with van der Waals surface area (Å²) >= 11 is 0. The minimum atomic E-state index is -0.490. The van der Waals surface area contributed by atoms with Gasteiger partial charge in [-0.3, -0.25) is 9.78 Å². The molecule has 0 radical (unpaired) electrons. The minimum Gasteiger partial charge on any atom is -0.481 e. The van der Waals surface area contributed by atoms with E-state index in [0.29, 0.717) is 13.0 Å². The molecule has 2 rings (SSSR count). The highest BCUT2D eigenvalue weighted by molar-refractivity contribution is 5.81. The van der Waals surface area contributed by atoms with Gasteiger partial charge >= 0.3 is 0 Å². The molecule has 0 saturated carbocycles. The van der Waals surface area contributed by atoms with Gasteiger partial charge in [0.2, 0.25) is 0 Å². The number of hydrogen-bond acceptors (Lipinski definition) is 3. The van der Waals surface area contributed by atoms with Gasteiger partial charge in [-0.15, -0.1) is 0 Å². The smallest absolute Gasteiger partial charge is 0.261 e. The molecule has 110 valence electrons. The molecule has 1 aromatic carbocycles. The molecule has 1 N–H and O–H groups in total. The van der Waals surface area contributed by atoms with E-state index in [1.54, 1.807) is 6.20 Å². The molecule has 0 fully saturated rings. The second kappa shape index (κ2) is 7.43. The van der Waals surface area contributed by atoms with E-state index in [2.05, 4.69) is 10.3 Å². The molecule has 2 aromatic rings. The van der Waals surface area contributed by atoms with Crippen molar-refractivity contribution in [2.24, 2.45) is 0 Å². The summed E-state index contributed by atoms with van der Waals surface area (Å²) in [5.41, 5.74) is 1.94. The fourth-order valence-corrected chi connectivity index (χ4v) is 1.97. The number of hydrogen-bond donors (Lipinski definition) is 1. The fourth-order valence-electron chi connectivity index (χ4n) is 1.97. The molecule has 1 aromatic heterocycles. The first-order chi connectivity index (χ1) is 10.2. The summed E-state index contributed by atoms with van der Waals surface area (Å²) in [6.45, 7) is 4.34. The van der Waals surface area contributed by atoms with Crippen molar-refractivity contribution in [1.82, 2.24) is 10.3 Å². The monoisotopic (exact) mass is 284 g/mol. The Balaban J connectivity index is 1.92. The Kier molecular flexibility index (Phi) is 5.32. The number of aryl methyl sites for hydroxylation is 1. The Bertz CT molecular complexity index is 584. The van der Waals surface area contributed by atoms with Crippen LogP contribution in [0.15, 0.2) is 48.7 Å². The van der Waals surface area contributed by atoms with Crippen molar-refractivity contribution >= 4 is 5.91 Å². The molecule has 1 heterocycles. The van der Waals surface area contributed by atoms with Crippen molar-refractivity contribution in [3.63, 3.8) is 0 Å². The Hall–Kier alpha value is -2.36. The van der Waals surface area contributed by atoms with Crippen LogP contribution in [0.3, 0.4) is 0 Å². The number of carbonyl (C=O) groups is 1. The summed E-state index contributed by atoms with van der Waals surface area (Å²) in [7, 11) is 0. The number of aromatic nitrogens is 1. The lowest BCUT2D eigenvalue weighted by Gasteiger charge is -2.17. The van der Waals surface area contributed by atoms with Crippen LogP contribution in [-0.4, -0.2) is 17.0 Å². The standard InChI is InChI=1S/C17H20N2O2/c1-3-16(21-15-9-6-7-13(2)11-15)17(20)19-12-14-8-4-5-10-18-14/h4-11,16H,3,12H2,1-2H3,(H,19,20)/t16-/m1/s1. The zero-order chi connectivity index (χ0) is 15.1. The minimum absolute atomic E-state index is 0.121. The first-order valence-electron chi connectivity index (χ1n) is 7.10. The lowest BCUT2D eigenvalue weighted by Crippen LogP contribution is -2.37. The summed E-state index contributed by atoms with van der Waals surface area (Å²) in [6.07, 6.45) is 1.83. The van der Waals surface area contributed by atoms with Gasteiger partial charge in [0, 0.05) is 6.20 Å². The molecule has 0 aliphatic rings. The number of amides is 1. The number of benzene rings is 1. The zero-order valence-electron chi connectivity index (χ0n) is 12.4. The second-order valence-corrected chi connectivity index (χ2v) is 4.87. The molecule has 4 nitrogen and oxygen atoms in total. The number of carbonyl (C=O) groups excluding carboxylic acids is 1. The van der Waals surface area contributed by atoms with Gasteiger partial charge in [0.25, 0.3) is 5.91 Å². The van der Waals surface area contributed by atoms with Crippen LogP contribution in [0.2, 0.25) is 0 Å². The van der Waals surface area contributed by atoms with Gasteiger partial charge in [0.1, 0.15) is 5.75 Å². The molecule has 0 unspecified atom stereocenters. The predicted octanol–water partition coefficient (Wildman–Crippen LogP) is 2.86. The van der Waals surface area contributed by atoms with Crippen molar-refractivity contribution in [3.05, 3.63) is 59.9 Å². The van der Waals surface area contributed by atoms with Crippen LogP contribution in [0.4, 0.5) is 0 Å². The first kappa shape index (κ1) is 15.0. The summed E-state index contributed by atoms with van der Waals surface area (Å²) in [4.78, 5) is 16.3. The number of rotatable bonds is 6. The van der Waals surface area contributed by atoms with Crippen molar-refractivity contribution in [3.8, 4) is 5.75 Å². The van der Waals surface area contributed by atoms with E-state index in [-0.39, 0.29) is 5.91 Å². The summed E-state index contributed by atoms with van der Waals surface area (Å²) in [5, 5.41) is 2.86. The number of pyridine rings is 1. The van der Waals surface area contributed by atoms with Gasteiger partial charge in [-0.1, -0.05) is 25.1 Å². The lowest BCUT2D eigenvalue weighted by atomic mass is 10.2. The van der Waals surface area contributed by atoms with E-state index < -0.39 is 6.10 Å². The van der Waals surface area contributed by atoms with Gasteiger partial charge < -0.3 is 10.1 Å². The molecular formula is C17H20N2O2. The van der Waals surface area contributed by atoms with E-state index in [4.69, 9.17) is 4.74 Å². The van der Waals surface area contributed by atoms with Crippen LogP contribution in [0.5, 0.6) is 5.75 Å². The maximum absolute atomic E-state index is 12.2. The third-order valence-electron chi connectivity index (χ3n) is 3.10. The summed E-state index contributed by atoms with van der Waals surface area (Å²) < 4.78 is 5.76. The zero-order valence-corrected chi connectivity index (χ0v) is 12.4. The van der Waals surface area contributed by atoms with Crippen LogP contribution in [-0.2, 0) is 11.3 Å². The van der Waals surface area contributed by atoms with Gasteiger partial charge in [0.15, 0.2) is 6.10 Å². The Labute approximate surface area is 125 Å². The Morgan fingerprint density at radius 2 is 2.14 bits per heavy atom. The molecule has 0 aliphatic heterocycles. The van der Waals surface area contributed by atoms with E-state index in [1.165, 1.54) is 0 Å². The highest BCUT2D eigenvalue weighted by Crippen LogP contribution is 2.15. The van der Waals surface area contributed by atoms with E-state index >= 15 is 0 Å². The first-order valence-corrected chi connectivity index (χ1v) is 7.10. The lowest BCUT2D eigenvalue weighted by molar-refractivity contribution is -0.128. The molecule has 0 aliphatic carbocycles. The number of ether oxygens (including phenoxy) is 1. The largest absolute Gasteiger partial charge is 0.481 e. The molecular weight excluding hydrogens is 264 g/mol. The van der Waals surface area contributed by atoms with E-state index in [1.807, 2.05) is 56.3 Å². The van der Waals surface area contributed by atoms with Crippen LogP contribution < -0.4 is 10.1 Å². The third-order valence-corrected chi connectivity index (χ3v) is 3.10. The van der Waals surface area contributed by atoms with Crippen molar-refractivity contribution in [2.45, 2.75) is 32.9 Å². The number of nitrogens with one attached hydrogen (secondary N) is 1. The number of nitrogens with zero attached hydrogens (tertiary/aromatic N) is 1. The highest BCUT2D eigenvalue weighted by Gasteiger charge is 2.18. The third kappa shape index (κ3) is 4.60. The van der Waals surface area contributed by atoms with Crippen molar-refractivity contribution in [1.29, 1.82) is 0 Å². The van der Waals surface area contributed by atoms with E-state index in [0.717, 1.165) is 17.0 Å². The molecule has 1 amide bonds. The Morgan fingerprint density at radius 3 is 2.81 bits per heavy atom. The van der Waals surface area contributed by atoms with Crippen molar-refractivity contribution < 1.29 is 9.53 Å². The molecule has 4 heteroatoms. The maximum atomic E-state index is 12.2. The van der Waals surface area contributed by atoms with Gasteiger partial charge in [-0.05, 0) is 43.2 Å². The molecule has 21 heavy (non-hydrogen) atoms. The summed E-state index contributed by atoms with van der Waals surface area (Å²) in [6, 6.07) is 13.3. The summed E-state index contributed by atoms with van der Waals surface area (Å²) in [5.74, 6) is 0.597. The fraction of sp³-hybridized carbons (Fsp3) is 0.294. The Morgan fingerprint density at radius 1 is 1.29 bits per heavy atom. The van der Waals surface area contributed by atoms with Crippen LogP contribution in [0.25, 0.3) is 0 Å². The molecule has 1 atom stereocenters. The van der Waals surface area contributed by atoms with E-state index in [9.17, 15) is 4.79 Å². The SMILES string of the molecule is CC[C@@H](Oc1cccc(C)c1)C(=O)NCc1ccccn1. The van der Waals surface area contributed by atoms with Gasteiger partial charge in [0.05, 0.1) is 12.2 Å². The normalized spacial score (nSPS) is 11.7. The predicted molar refractivity (Wildman–Crippen MR) is 82.0 cm³/mol. The highest BCUT2D eigenvalue weighted by atomic mass is 16.5. The molecule has 0 spiro atoms. The van der Waals surface area contributed by atoms with Gasteiger partial charge in [-0.2, -0.15) is 0 Å². The molecule has 0 saturated heterocycles. The van der Waals surface area contributed by atoms with Crippen LogP contribution in [0.1, 0.15) is 24.6 Å². The topological polar surface area (TPSA) is 51.2 Å². The van der Waals surface area contributed by atoms with Crippen molar-refractivity contribution in [2.75, 3.05) is 0 Å².